The highest BCUT2D eigenvalue weighted by atomic mass is 35.5. The predicted molar refractivity (Wildman–Crippen MR) is 133 cm³/mol. The van der Waals surface area contributed by atoms with Gasteiger partial charge in [0.1, 0.15) is 30.3 Å². The summed E-state index contributed by atoms with van der Waals surface area (Å²) in [4.78, 5) is 8.58. The Kier molecular flexibility index (Phi) is 7.46. The van der Waals surface area contributed by atoms with Crippen LogP contribution >= 0.6 is 11.6 Å². The lowest BCUT2D eigenvalue weighted by atomic mass is 10.1. The molecule has 0 radical (unpaired) electrons. The minimum absolute atomic E-state index is 0.0133. The number of anilines is 2. The quantitative estimate of drug-likeness (QED) is 0.254. The first kappa shape index (κ1) is 24.4. The van der Waals surface area contributed by atoms with Crippen molar-refractivity contribution in [2.24, 2.45) is 0 Å². The second-order valence-corrected chi connectivity index (χ2v) is 9.46. The lowest BCUT2D eigenvalue weighted by Crippen LogP contribution is -2.02. The number of hydrogen-bond acceptors (Lipinski definition) is 6. The molecule has 2 N–H and O–H groups in total. The summed E-state index contributed by atoms with van der Waals surface area (Å²) in [6.07, 6.45) is 1.44. The van der Waals surface area contributed by atoms with Gasteiger partial charge >= 0.3 is 0 Å². The number of ether oxygens (including phenoxy) is 1. The fourth-order valence-corrected chi connectivity index (χ4v) is 3.79. The van der Waals surface area contributed by atoms with E-state index in [-0.39, 0.29) is 18.8 Å². The summed E-state index contributed by atoms with van der Waals surface area (Å²) in [5.41, 5.74) is 2.68. The average Bonchev–Trinajstić information content (AvgIpc) is 2.81. The van der Waals surface area contributed by atoms with E-state index in [1.807, 2.05) is 0 Å². The van der Waals surface area contributed by atoms with Crippen LogP contribution in [0.1, 0.15) is 17.5 Å². The number of aromatic nitrogens is 2. The maximum absolute atomic E-state index is 13.3. The molecule has 178 valence electrons. The normalized spacial score (nSPS) is 11.1. The fraction of sp³-hybridized carbons (Fsp3) is 0.120. The standard InChI is InChI=1S/C25H19ClFN3O4S/c26-22-14-20(8-10-24(22)34-15-18-5-3-6-19(27)12-18)30-25-21-13-17(4-1-2-11-35(31,32)33)7-9-23(21)28-16-29-25/h3,5-10,12-14,16H,2,11,15H2,(H,28,29,30)(H,31,32,33). The van der Waals surface area contributed by atoms with Gasteiger partial charge in [0.15, 0.2) is 0 Å². The van der Waals surface area contributed by atoms with E-state index < -0.39 is 15.9 Å². The van der Waals surface area contributed by atoms with Crippen LogP contribution < -0.4 is 10.1 Å². The number of rotatable bonds is 7. The third-order valence-electron chi connectivity index (χ3n) is 4.83. The van der Waals surface area contributed by atoms with E-state index in [0.29, 0.717) is 44.3 Å². The Hall–Kier alpha value is -3.71. The van der Waals surface area contributed by atoms with Gasteiger partial charge in [-0.1, -0.05) is 35.6 Å². The summed E-state index contributed by atoms with van der Waals surface area (Å²) in [6, 6.07) is 16.7. The van der Waals surface area contributed by atoms with E-state index in [1.54, 1.807) is 48.5 Å². The van der Waals surface area contributed by atoms with Crippen molar-refractivity contribution < 1.29 is 22.1 Å². The van der Waals surface area contributed by atoms with Gasteiger partial charge in [-0.3, -0.25) is 4.55 Å². The zero-order chi connectivity index (χ0) is 24.8. The van der Waals surface area contributed by atoms with Gasteiger partial charge in [-0.15, -0.1) is 0 Å². The largest absolute Gasteiger partial charge is 0.487 e. The van der Waals surface area contributed by atoms with Crippen molar-refractivity contribution in [3.8, 4) is 17.6 Å². The van der Waals surface area contributed by atoms with Crippen LogP contribution in [-0.2, 0) is 16.7 Å². The minimum atomic E-state index is -4.05. The van der Waals surface area contributed by atoms with E-state index in [0.717, 1.165) is 0 Å². The van der Waals surface area contributed by atoms with E-state index in [4.69, 9.17) is 20.9 Å². The Bertz CT molecular complexity index is 1550. The van der Waals surface area contributed by atoms with Crippen LogP contribution in [-0.4, -0.2) is 28.7 Å². The van der Waals surface area contributed by atoms with Crippen molar-refractivity contribution in [3.05, 3.63) is 89.0 Å². The first-order valence-corrected chi connectivity index (χ1v) is 12.4. The van der Waals surface area contributed by atoms with Gasteiger partial charge in [-0.25, -0.2) is 14.4 Å². The predicted octanol–water partition coefficient (Wildman–Crippen LogP) is 5.37. The summed E-state index contributed by atoms with van der Waals surface area (Å²) in [5, 5.41) is 4.29. The molecule has 0 unspecified atom stereocenters. The molecule has 0 bridgehead atoms. The highest BCUT2D eigenvalue weighted by Crippen LogP contribution is 2.31. The van der Waals surface area contributed by atoms with E-state index in [2.05, 4.69) is 27.1 Å². The molecule has 0 aliphatic heterocycles. The fourth-order valence-electron chi connectivity index (χ4n) is 3.20. The highest BCUT2D eigenvalue weighted by Gasteiger charge is 2.09. The number of hydrogen-bond donors (Lipinski definition) is 2. The molecular formula is C25H19ClFN3O4S. The number of benzene rings is 3. The van der Waals surface area contributed by atoms with Crippen molar-refractivity contribution in [3.63, 3.8) is 0 Å². The van der Waals surface area contributed by atoms with Crippen molar-refractivity contribution in [1.29, 1.82) is 0 Å². The molecule has 1 heterocycles. The van der Waals surface area contributed by atoms with Gasteiger partial charge in [0.05, 0.1) is 16.3 Å². The third kappa shape index (κ3) is 6.90. The van der Waals surface area contributed by atoms with Crippen molar-refractivity contribution >= 4 is 44.1 Å². The number of halogens is 2. The molecular weight excluding hydrogens is 493 g/mol. The Morgan fingerprint density at radius 2 is 1.94 bits per heavy atom. The topological polar surface area (TPSA) is 101 Å². The molecule has 0 saturated heterocycles. The third-order valence-corrected chi connectivity index (χ3v) is 5.85. The zero-order valence-electron chi connectivity index (χ0n) is 18.2. The maximum Gasteiger partial charge on any atom is 0.265 e. The van der Waals surface area contributed by atoms with Gasteiger partial charge in [0, 0.05) is 23.1 Å². The Morgan fingerprint density at radius 3 is 2.71 bits per heavy atom. The second kappa shape index (κ2) is 10.7. The second-order valence-electron chi connectivity index (χ2n) is 7.48. The smallest absolute Gasteiger partial charge is 0.265 e. The van der Waals surface area contributed by atoms with Gasteiger partial charge < -0.3 is 10.1 Å². The molecule has 10 heteroatoms. The highest BCUT2D eigenvalue weighted by molar-refractivity contribution is 7.85. The van der Waals surface area contributed by atoms with Crippen LogP contribution in [0, 0.1) is 17.7 Å². The van der Waals surface area contributed by atoms with Gasteiger partial charge in [-0.2, -0.15) is 8.42 Å². The van der Waals surface area contributed by atoms with Gasteiger partial charge in [0.25, 0.3) is 10.1 Å². The molecule has 0 aliphatic rings. The summed E-state index contributed by atoms with van der Waals surface area (Å²) in [5.74, 6) is 5.84. The number of nitrogens with zero attached hydrogens (tertiary/aromatic N) is 2. The molecule has 0 amide bonds. The molecule has 3 aromatic carbocycles. The molecule has 4 rings (SSSR count). The summed E-state index contributed by atoms with van der Waals surface area (Å²) >= 11 is 6.39. The molecule has 0 aliphatic carbocycles. The lowest BCUT2D eigenvalue weighted by molar-refractivity contribution is 0.306. The SMILES string of the molecule is O=S(=O)(O)CCC#Cc1ccc2ncnc(Nc3ccc(OCc4cccc(F)c4)c(Cl)c3)c2c1. The number of fused-ring (bicyclic) bond motifs is 1. The monoisotopic (exact) mass is 511 g/mol. The van der Waals surface area contributed by atoms with E-state index in [1.165, 1.54) is 18.5 Å². The van der Waals surface area contributed by atoms with Crippen molar-refractivity contribution in [2.75, 3.05) is 11.1 Å². The number of nitrogens with one attached hydrogen (secondary N) is 1. The maximum atomic E-state index is 13.3. The lowest BCUT2D eigenvalue weighted by Gasteiger charge is -2.12. The molecule has 4 aromatic rings. The van der Waals surface area contributed by atoms with Crippen LogP contribution in [0.4, 0.5) is 15.9 Å². The average molecular weight is 512 g/mol. The molecule has 1 aromatic heterocycles. The van der Waals surface area contributed by atoms with E-state index >= 15 is 0 Å². The van der Waals surface area contributed by atoms with Gasteiger partial charge in [0.2, 0.25) is 0 Å². The molecule has 0 spiro atoms. The summed E-state index contributed by atoms with van der Waals surface area (Å²) < 4.78 is 49.5. The van der Waals surface area contributed by atoms with Gasteiger partial charge in [-0.05, 0) is 54.1 Å². The Labute approximate surface area is 206 Å². The first-order valence-electron chi connectivity index (χ1n) is 10.4. The van der Waals surface area contributed by atoms with Crippen molar-refractivity contribution in [2.45, 2.75) is 13.0 Å². The van der Waals surface area contributed by atoms with Crippen LogP contribution in [0.15, 0.2) is 67.0 Å². The molecule has 35 heavy (non-hydrogen) atoms. The molecule has 0 fully saturated rings. The Balaban J connectivity index is 1.50. The summed E-state index contributed by atoms with van der Waals surface area (Å²) in [7, 11) is -4.05. The van der Waals surface area contributed by atoms with Crippen LogP contribution in [0.3, 0.4) is 0 Å². The van der Waals surface area contributed by atoms with Crippen LogP contribution in [0.2, 0.25) is 5.02 Å². The molecule has 7 nitrogen and oxygen atoms in total. The van der Waals surface area contributed by atoms with Crippen molar-refractivity contribution in [1.82, 2.24) is 9.97 Å². The van der Waals surface area contributed by atoms with Crippen LogP contribution in [0.25, 0.3) is 10.9 Å². The first-order chi connectivity index (χ1) is 16.8. The van der Waals surface area contributed by atoms with Crippen LogP contribution in [0.5, 0.6) is 5.75 Å². The molecule has 0 atom stereocenters. The van der Waals surface area contributed by atoms with E-state index in [9.17, 15) is 12.8 Å². The summed E-state index contributed by atoms with van der Waals surface area (Å²) in [6.45, 7) is 0.175. The minimum Gasteiger partial charge on any atom is -0.487 e. The zero-order valence-corrected chi connectivity index (χ0v) is 19.8. The molecule has 0 saturated carbocycles. The Morgan fingerprint density at radius 1 is 1.09 bits per heavy atom.